The normalized spacial score (nSPS) is 12.4. The number of allylic oxidation sites excluding steroid dienone is 1. The predicted molar refractivity (Wildman–Crippen MR) is 48.0 cm³/mol. The van der Waals surface area contributed by atoms with Gasteiger partial charge in [0.05, 0.1) is 0 Å². The van der Waals surface area contributed by atoms with Crippen molar-refractivity contribution >= 4 is 0 Å². The largest absolute Gasteiger partial charge is 0.359 e. The van der Waals surface area contributed by atoms with Crippen LogP contribution in [0.4, 0.5) is 0 Å². The Kier molecular flexibility index (Phi) is 7.14. The van der Waals surface area contributed by atoms with Crippen LogP contribution in [0.15, 0.2) is 12.7 Å². The Morgan fingerprint density at radius 2 is 2.38 bits per heavy atom. The molecule has 1 unspecified atom stereocenters. The van der Waals surface area contributed by atoms with Crippen molar-refractivity contribution in [2.24, 2.45) is 0 Å². The smallest absolute Gasteiger partial charge is 0.229 e. The van der Waals surface area contributed by atoms with E-state index in [9.17, 15) is 10.1 Å². The average molecular weight is 189 g/mol. The van der Waals surface area contributed by atoms with E-state index in [-0.39, 0.29) is 24.4 Å². The summed E-state index contributed by atoms with van der Waals surface area (Å²) in [6, 6.07) is 0. The van der Waals surface area contributed by atoms with Crippen molar-refractivity contribution in [3.8, 4) is 0 Å². The van der Waals surface area contributed by atoms with Gasteiger partial charge in [0.1, 0.15) is 12.9 Å². The second-order valence-electron chi connectivity index (χ2n) is 2.58. The first-order chi connectivity index (χ1) is 6.20. The molecule has 0 fully saturated rings. The Bertz CT molecular complexity index is 160. The molecule has 5 nitrogen and oxygen atoms in total. The minimum Gasteiger partial charge on any atom is -0.359 e. The van der Waals surface area contributed by atoms with Crippen LogP contribution in [0, 0.1) is 10.1 Å². The molecule has 1 atom stereocenters. The lowest BCUT2D eigenvalue weighted by Gasteiger charge is -2.11. The number of methoxy groups -OCH3 is 1. The maximum Gasteiger partial charge on any atom is 0.229 e. The van der Waals surface area contributed by atoms with E-state index in [0.29, 0.717) is 12.8 Å². The van der Waals surface area contributed by atoms with Crippen LogP contribution in [0.2, 0.25) is 0 Å². The number of hydrogen-bond acceptors (Lipinski definition) is 4. The second kappa shape index (κ2) is 7.70. The van der Waals surface area contributed by atoms with Gasteiger partial charge in [-0.05, 0) is 12.8 Å². The second-order valence-corrected chi connectivity index (χ2v) is 2.58. The number of nitro groups is 1. The number of nitrogens with zero attached hydrogens (tertiary/aromatic N) is 1. The van der Waals surface area contributed by atoms with Gasteiger partial charge in [-0.3, -0.25) is 10.1 Å². The van der Waals surface area contributed by atoms with Crippen LogP contribution in [0.3, 0.4) is 0 Å². The van der Waals surface area contributed by atoms with Gasteiger partial charge in [-0.15, -0.1) is 6.58 Å². The van der Waals surface area contributed by atoms with Crippen LogP contribution < -0.4 is 0 Å². The molecular weight excluding hydrogens is 174 g/mol. The molecule has 0 amide bonds. The van der Waals surface area contributed by atoms with Gasteiger partial charge in [0, 0.05) is 12.0 Å². The number of hydrogen-bond donors (Lipinski definition) is 0. The van der Waals surface area contributed by atoms with Crippen molar-refractivity contribution in [1.29, 1.82) is 0 Å². The van der Waals surface area contributed by atoms with Gasteiger partial charge in [0.2, 0.25) is 6.54 Å². The lowest BCUT2D eigenvalue weighted by atomic mass is 10.2. The number of ether oxygens (including phenoxy) is 2. The lowest BCUT2D eigenvalue weighted by Crippen LogP contribution is -2.24. The van der Waals surface area contributed by atoms with Gasteiger partial charge in [0.15, 0.2) is 0 Å². The molecule has 0 aliphatic heterocycles. The fourth-order valence-electron chi connectivity index (χ4n) is 0.862. The van der Waals surface area contributed by atoms with Crippen LogP contribution in [0.25, 0.3) is 0 Å². The van der Waals surface area contributed by atoms with E-state index in [1.807, 2.05) is 0 Å². The van der Waals surface area contributed by atoms with Crippen molar-refractivity contribution < 1.29 is 14.4 Å². The highest BCUT2D eigenvalue weighted by molar-refractivity contribution is 4.69. The minimum absolute atomic E-state index is 0.0929. The van der Waals surface area contributed by atoms with Gasteiger partial charge in [-0.2, -0.15) is 0 Å². The Hall–Kier alpha value is -0.940. The third-order valence-electron chi connectivity index (χ3n) is 1.47. The molecule has 5 heteroatoms. The van der Waals surface area contributed by atoms with Gasteiger partial charge in [-0.25, -0.2) is 0 Å². The molecule has 0 saturated carbocycles. The van der Waals surface area contributed by atoms with E-state index >= 15 is 0 Å². The molecule has 0 saturated heterocycles. The molecule has 0 aromatic heterocycles. The van der Waals surface area contributed by atoms with Crippen molar-refractivity contribution in [1.82, 2.24) is 0 Å². The summed E-state index contributed by atoms with van der Waals surface area (Å²) in [4.78, 5) is 9.81. The summed E-state index contributed by atoms with van der Waals surface area (Å²) in [5.74, 6) is 0. The first-order valence-corrected chi connectivity index (χ1v) is 4.04. The highest BCUT2D eigenvalue weighted by Crippen LogP contribution is 2.03. The van der Waals surface area contributed by atoms with Crippen LogP contribution in [0.1, 0.15) is 12.8 Å². The zero-order chi connectivity index (χ0) is 10.1. The first kappa shape index (κ1) is 12.1. The van der Waals surface area contributed by atoms with E-state index in [2.05, 4.69) is 11.3 Å². The van der Waals surface area contributed by atoms with Gasteiger partial charge in [-0.1, -0.05) is 6.08 Å². The van der Waals surface area contributed by atoms with E-state index in [4.69, 9.17) is 4.74 Å². The van der Waals surface area contributed by atoms with Crippen LogP contribution in [0.5, 0.6) is 0 Å². The molecule has 0 spiro atoms. The number of rotatable bonds is 8. The minimum atomic E-state index is -0.386. The summed E-state index contributed by atoms with van der Waals surface area (Å²) >= 11 is 0. The molecule has 0 aromatic rings. The van der Waals surface area contributed by atoms with Crippen molar-refractivity contribution in [3.05, 3.63) is 22.8 Å². The first-order valence-electron chi connectivity index (χ1n) is 4.04. The summed E-state index contributed by atoms with van der Waals surface area (Å²) in [6.45, 7) is 3.44. The Morgan fingerprint density at radius 1 is 1.69 bits per heavy atom. The molecule has 0 aliphatic rings. The molecule has 0 rings (SSSR count). The third-order valence-corrected chi connectivity index (χ3v) is 1.47. The fraction of sp³-hybridized carbons (Fsp3) is 0.750. The van der Waals surface area contributed by atoms with E-state index < -0.39 is 0 Å². The van der Waals surface area contributed by atoms with Crippen molar-refractivity contribution in [3.63, 3.8) is 0 Å². The Balaban J connectivity index is 3.72. The van der Waals surface area contributed by atoms with Crippen LogP contribution >= 0.6 is 0 Å². The summed E-state index contributed by atoms with van der Waals surface area (Å²) in [7, 11) is 1.48. The average Bonchev–Trinajstić information content (AvgIpc) is 2.09. The predicted octanol–water partition coefficient (Wildman–Crippen LogP) is 1.22. The summed E-state index contributed by atoms with van der Waals surface area (Å²) in [5, 5.41) is 10.2. The molecule has 0 aliphatic carbocycles. The monoisotopic (exact) mass is 189 g/mol. The quantitative estimate of drug-likeness (QED) is 0.249. The van der Waals surface area contributed by atoms with Gasteiger partial charge in [0.25, 0.3) is 0 Å². The summed E-state index contributed by atoms with van der Waals surface area (Å²) < 4.78 is 9.76. The SMILES string of the molecule is C=CCCC(C[N+](=O)[O-])OCOC. The third kappa shape index (κ3) is 7.42. The molecule has 13 heavy (non-hydrogen) atoms. The fourth-order valence-corrected chi connectivity index (χ4v) is 0.862. The van der Waals surface area contributed by atoms with E-state index in [1.165, 1.54) is 7.11 Å². The topological polar surface area (TPSA) is 61.6 Å². The van der Waals surface area contributed by atoms with Gasteiger partial charge < -0.3 is 9.47 Å². The molecule has 0 radical (unpaired) electrons. The highest BCUT2D eigenvalue weighted by Gasteiger charge is 2.14. The highest BCUT2D eigenvalue weighted by atomic mass is 16.7. The van der Waals surface area contributed by atoms with E-state index in [1.54, 1.807) is 6.08 Å². The molecule has 76 valence electrons. The van der Waals surface area contributed by atoms with Crippen LogP contribution in [-0.4, -0.2) is 31.5 Å². The lowest BCUT2D eigenvalue weighted by molar-refractivity contribution is -0.492. The van der Waals surface area contributed by atoms with Crippen molar-refractivity contribution in [2.75, 3.05) is 20.4 Å². The molecule has 0 aromatic carbocycles. The molecule has 0 N–H and O–H groups in total. The van der Waals surface area contributed by atoms with Crippen molar-refractivity contribution in [2.45, 2.75) is 18.9 Å². The Morgan fingerprint density at radius 3 is 2.85 bits per heavy atom. The summed E-state index contributed by atoms with van der Waals surface area (Å²) in [5.41, 5.74) is 0. The van der Waals surface area contributed by atoms with E-state index in [0.717, 1.165) is 0 Å². The summed E-state index contributed by atoms with van der Waals surface area (Å²) in [6.07, 6.45) is 2.65. The molecule has 0 bridgehead atoms. The maximum absolute atomic E-state index is 10.2. The van der Waals surface area contributed by atoms with Gasteiger partial charge >= 0.3 is 0 Å². The Labute approximate surface area is 77.5 Å². The molecule has 0 heterocycles. The molecular formula is C8H15NO4. The van der Waals surface area contributed by atoms with Crippen LogP contribution in [-0.2, 0) is 9.47 Å². The zero-order valence-corrected chi connectivity index (χ0v) is 7.77. The zero-order valence-electron chi connectivity index (χ0n) is 7.77. The maximum atomic E-state index is 10.2. The standard InChI is InChI=1S/C8H15NO4/c1-3-4-5-8(6-9(10)11)13-7-12-2/h3,8H,1,4-7H2,2H3.